The van der Waals surface area contributed by atoms with E-state index in [1.54, 1.807) is 18.2 Å². The second-order valence-corrected chi connectivity index (χ2v) is 9.08. The first kappa shape index (κ1) is 21.5. The lowest BCUT2D eigenvalue weighted by molar-refractivity contribution is 0.0977. The third kappa shape index (κ3) is 5.33. The van der Waals surface area contributed by atoms with Crippen molar-refractivity contribution in [3.8, 4) is 0 Å². The van der Waals surface area contributed by atoms with Crippen molar-refractivity contribution >= 4 is 79.7 Å². The number of anilines is 1. The van der Waals surface area contributed by atoms with Gasteiger partial charge in [0.05, 0.1) is 20.8 Å². The molecule has 0 unspecified atom stereocenters. The van der Waals surface area contributed by atoms with Gasteiger partial charge in [0.2, 0.25) is 0 Å². The SMILES string of the molecule is CC(C)(C)c1ccc(C(=O)NC(=S)Nc2cc(Cl)c(Cl)cc2Cl)cc1Br. The minimum absolute atomic E-state index is 0.0324. The van der Waals surface area contributed by atoms with Crippen LogP contribution < -0.4 is 10.6 Å². The standard InChI is InChI=1S/C18H16BrCl3N2OS/c1-18(2,3)10-5-4-9(6-11(10)19)16(25)24-17(26)23-15-8-13(21)12(20)7-14(15)22/h4-8H,1-3H3,(H2,23,24,25,26). The van der Waals surface area contributed by atoms with Crippen LogP contribution in [0.15, 0.2) is 34.8 Å². The zero-order valence-electron chi connectivity index (χ0n) is 14.2. The molecule has 0 heterocycles. The van der Waals surface area contributed by atoms with Gasteiger partial charge in [0.15, 0.2) is 5.11 Å². The quantitative estimate of drug-likeness (QED) is 0.355. The molecule has 26 heavy (non-hydrogen) atoms. The molecule has 0 saturated carbocycles. The van der Waals surface area contributed by atoms with Crippen molar-refractivity contribution < 1.29 is 4.79 Å². The first-order chi connectivity index (χ1) is 12.0. The van der Waals surface area contributed by atoms with Crippen LogP contribution in [-0.4, -0.2) is 11.0 Å². The van der Waals surface area contributed by atoms with Crippen molar-refractivity contribution in [2.24, 2.45) is 0 Å². The third-order valence-electron chi connectivity index (χ3n) is 3.52. The molecule has 0 spiro atoms. The van der Waals surface area contributed by atoms with Crippen LogP contribution in [0, 0.1) is 0 Å². The molecule has 8 heteroatoms. The smallest absolute Gasteiger partial charge is 0.257 e. The number of amides is 1. The number of thiocarbonyl (C=S) groups is 1. The maximum Gasteiger partial charge on any atom is 0.257 e. The van der Waals surface area contributed by atoms with Crippen molar-refractivity contribution in [2.45, 2.75) is 26.2 Å². The molecule has 0 radical (unpaired) electrons. The molecule has 0 saturated heterocycles. The van der Waals surface area contributed by atoms with E-state index in [0.29, 0.717) is 26.3 Å². The van der Waals surface area contributed by atoms with E-state index < -0.39 is 0 Å². The van der Waals surface area contributed by atoms with Crippen molar-refractivity contribution in [3.05, 3.63) is 61.0 Å². The number of hydrogen-bond acceptors (Lipinski definition) is 2. The van der Waals surface area contributed by atoms with Crippen molar-refractivity contribution in [3.63, 3.8) is 0 Å². The van der Waals surface area contributed by atoms with Crippen LogP contribution in [0.2, 0.25) is 15.1 Å². The summed E-state index contributed by atoms with van der Waals surface area (Å²) >= 11 is 26.7. The van der Waals surface area contributed by atoms with Gasteiger partial charge in [0.25, 0.3) is 5.91 Å². The first-order valence-corrected chi connectivity index (χ1v) is 9.89. The Kier molecular flexibility index (Phi) is 6.97. The molecular weight excluding hydrogens is 479 g/mol. The van der Waals surface area contributed by atoms with Gasteiger partial charge in [-0.3, -0.25) is 10.1 Å². The van der Waals surface area contributed by atoms with Gasteiger partial charge < -0.3 is 5.32 Å². The molecule has 1 amide bonds. The molecule has 3 nitrogen and oxygen atoms in total. The number of halogens is 4. The largest absolute Gasteiger partial charge is 0.331 e. The van der Waals surface area contributed by atoms with E-state index in [-0.39, 0.29) is 16.4 Å². The molecule has 0 bridgehead atoms. The summed E-state index contributed by atoms with van der Waals surface area (Å²) in [6.45, 7) is 6.31. The Morgan fingerprint density at radius 2 is 1.65 bits per heavy atom. The summed E-state index contributed by atoms with van der Waals surface area (Å²) in [5.41, 5.74) is 2.01. The van der Waals surface area contributed by atoms with E-state index in [1.165, 1.54) is 6.07 Å². The lowest BCUT2D eigenvalue weighted by Crippen LogP contribution is -2.34. The van der Waals surface area contributed by atoms with Gasteiger partial charge in [-0.05, 0) is 47.5 Å². The summed E-state index contributed by atoms with van der Waals surface area (Å²) in [6, 6.07) is 8.49. The lowest BCUT2D eigenvalue weighted by Gasteiger charge is -2.21. The fourth-order valence-electron chi connectivity index (χ4n) is 2.21. The van der Waals surface area contributed by atoms with E-state index in [2.05, 4.69) is 47.3 Å². The molecule has 0 aliphatic carbocycles. The molecule has 2 aromatic carbocycles. The van der Waals surface area contributed by atoms with Gasteiger partial charge in [-0.1, -0.05) is 77.6 Å². The predicted molar refractivity (Wildman–Crippen MR) is 118 cm³/mol. The molecule has 2 aromatic rings. The summed E-state index contributed by atoms with van der Waals surface area (Å²) in [6.07, 6.45) is 0. The lowest BCUT2D eigenvalue weighted by atomic mass is 9.86. The Labute approximate surface area is 181 Å². The molecule has 0 atom stereocenters. The third-order valence-corrected chi connectivity index (χ3v) is 5.42. The maximum atomic E-state index is 12.4. The molecule has 0 aromatic heterocycles. The van der Waals surface area contributed by atoms with Crippen LogP contribution in [0.25, 0.3) is 0 Å². The minimum atomic E-state index is -0.333. The summed E-state index contributed by atoms with van der Waals surface area (Å²) in [5, 5.41) is 6.57. The first-order valence-electron chi connectivity index (χ1n) is 7.56. The average molecular weight is 495 g/mol. The predicted octanol–water partition coefficient (Wildman–Crippen LogP) is 6.83. The van der Waals surface area contributed by atoms with Crippen LogP contribution >= 0.6 is 63.0 Å². The Bertz CT molecular complexity index is 881. The fourth-order valence-corrected chi connectivity index (χ4v) is 3.98. The van der Waals surface area contributed by atoms with E-state index in [4.69, 9.17) is 47.0 Å². The van der Waals surface area contributed by atoms with E-state index in [1.807, 2.05) is 6.07 Å². The normalized spacial score (nSPS) is 11.2. The van der Waals surface area contributed by atoms with E-state index in [9.17, 15) is 4.79 Å². The Hall–Kier alpha value is -0.850. The van der Waals surface area contributed by atoms with Crippen LogP contribution in [-0.2, 0) is 5.41 Å². The summed E-state index contributed by atoms with van der Waals surface area (Å²) in [5.74, 6) is -0.333. The molecule has 0 fully saturated rings. The van der Waals surface area contributed by atoms with Crippen LogP contribution in [0.3, 0.4) is 0 Å². The topological polar surface area (TPSA) is 41.1 Å². The Balaban J connectivity index is 2.11. The number of carbonyl (C=O) groups is 1. The number of nitrogens with one attached hydrogen (secondary N) is 2. The number of benzene rings is 2. The molecule has 2 rings (SSSR count). The molecule has 138 valence electrons. The van der Waals surface area contributed by atoms with Gasteiger partial charge in [0, 0.05) is 10.0 Å². The molecule has 0 aliphatic rings. The summed E-state index contributed by atoms with van der Waals surface area (Å²) in [4.78, 5) is 12.4. The Morgan fingerprint density at radius 3 is 2.23 bits per heavy atom. The van der Waals surface area contributed by atoms with Crippen molar-refractivity contribution in [1.82, 2.24) is 5.32 Å². The van der Waals surface area contributed by atoms with Crippen LogP contribution in [0.1, 0.15) is 36.7 Å². The second-order valence-electron chi connectivity index (χ2n) is 6.60. The zero-order valence-corrected chi connectivity index (χ0v) is 18.9. The zero-order chi connectivity index (χ0) is 19.6. The highest BCUT2D eigenvalue weighted by molar-refractivity contribution is 9.10. The van der Waals surface area contributed by atoms with Crippen LogP contribution in [0.4, 0.5) is 5.69 Å². The minimum Gasteiger partial charge on any atom is -0.331 e. The summed E-state index contributed by atoms with van der Waals surface area (Å²) < 4.78 is 0.865. The second kappa shape index (κ2) is 8.44. The highest BCUT2D eigenvalue weighted by Gasteiger charge is 2.19. The summed E-state index contributed by atoms with van der Waals surface area (Å²) in [7, 11) is 0. The fraction of sp³-hybridized carbons (Fsp3) is 0.222. The number of carbonyl (C=O) groups excluding carboxylic acids is 1. The Morgan fingerprint density at radius 1 is 1.04 bits per heavy atom. The highest BCUT2D eigenvalue weighted by atomic mass is 79.9. The van der Waals surface area contributed by atoms with Gasteiger partial charge >= 0.3 is 0 Å². The van der Waals surface area contributed by atoms with Gasteiger partial charge in [0.1, 0.15) is 0 Å². The monoisotopic (exact) mass is 492 g/mol. The number of hydrogen-bond donors (Lipinski definition) is 2. The number of rotatable bonds is 2. The highest BCUT2D eigenvalue weighted by Crippen LogP contribution is 2.32. The van der Waals surface area contributed by atoms with Crippen molar-refractivity contribution in [1.29, 1.82) is 0 Å². The molecule has 0 aliphatic heterocycles. The van der Waals surface area contributed by atoms with Crippen LogP contribution in [0.5, 0.6) is 0 Å². The maximum absolute atomic E-state index is 12.4. The molecule has 2 N–H and O–H groups in total. The molecular formula is C18H16BrCl3N2OS. The van der Waals surface area contributed by atoms with Crippen molar-refractivity contribution in [2.75, 3.05) is 5.32 Å². The van der Waals surface area contributed by atoms with E-state index >= 15 is 0 Å². The van der Waals surface area contributed by atoms with Gasteiger partial charge in [-0.2, -0.15) is 0 Å². The van der Waals surface area contributed by atoms with E-state index in [0.717, 1.165) is 10.0 Å². The average Bonchev–Trinajstić information content (AvgIpc) is 2.51. The van der Waals surface area contributed by atoms with Gasteiger partial charge in [-0.25, -0.2) is 0 Å². The van der Waals surface area contributed by atoms with Gasteiger partial charge in [-0.15, -0.1) is 0 Å².